The van der Waals surface area contributed by atoms with Crippen LogP contribution in [0.1, 0.15) is 27.2 Å². The van der Waals surface area contributed by atoms with Gasteiger partial charge in [-0.3, -0.25) is 4.98 Å². The molecule has 4 nitrogen and oxygen atoms in total. The van der Waals surface area contributed by atoms with Gasteiger partial charge in [-0.15, -0.1) is 0 Å². The van der Waals surface area contributed by atoms with Gasteiger partial charge in [0.15, 0.2) is 0 Å². The van der Waals surface area contributed by atoms with Crippen molar-refractivity contribution in [2.75, 3.05) is 0 Å². The van der Waals surface area contributed by atoms with Crippen molar-refractivity contribution >= 4 is 16.9 Å². The molecule has 4 heteroatoms. The molecule has 88 valence electrons. The summed E-state index contributed by atoms with van der Waals surface area (Å²) in [6.07, 6.45) is 0. The highest BCUT2D eigenvalue weighted by Crippen LogP contribution is 2.24. The molecule has 0 bridgehead atoms. The van der Waals surface area contributed by atoms with E-state index >= 15 is 0 Å². The summed E-state index contributed by atoms with van der Waals surface area (Å²) in [7, 11) is 0. The number of nitrogens with two attached hydrogens (primary N) is 1. The highest BCUT2D eigenvalue weighted by Gasteiger charge is 2.13. The number of aromatic nitrogens is 1. The number of benzene rings is 1. The molecule has 0 aliphatic carbocycles. The molecule has 1 aromatic heterocycles. The molecule has 17 heavy (non-hydrogen) atoms. The first-order chi connectivity index (χ1) is 8.02. The average Bonchev–Trinajstić information content (AvgIpc) is 2.26. The van der Waals surface area contributed by atoms with Gasteiger partial charge in [-0.2, -0.15) is 0 Å². The minimum Gasteiger partial charge on any atom is -0.478 e. The Bertz CT molecular complexity index is 606. The molecule has 2 rings (SSSR count). The van der Waals surface area contributed by atoms with E-state index in [4.69, 9.17) is 5.73 Å². The first-order valence-corrected chi connectivity index (χ1v) is 5.37. The molecule has 0 saturated heterocycles. The molecule has 0 amide bonds. The second-order valence-corrected chi connectivity index (χ2v) is 4.15. The number of carboxylic acids is 1. The van der Waals surface area contributed by atoms with E-state index in [-0.39, 0.29) is 12.1 Å². The van der Waals surface area contributed by atoms with Crippen LogP contribution in [0.2, 0.25) is 0 Å². The fraction of sp³-hybridized carbons (Fsp3) is 0.231. The maximum atomic E-state index is 11.3. The van der Waals surface area contributed by atoms with E-state index in [0.717, 1.165) is 11.1 Å². The van der Waals surface area contributed by atoms with Crippen molar-refractivity contribution < 1.29 is 9.90 Å². The maximum Gasteiger partial charge on any atom is 0.336 e. The predicted octanol–water partition coefficient (Wildman–Crippen LogP) is 2.01. The van der Waals surface area contributed by atoms with Gasteiger partial charge in [0.05, 0.1) is 16.8 Å². The van der Waals surface area contributed by atoms with Gasteiger partial charge in [-0.05, 0) is 37.1 Å². The van der Waals surface area contributed by atoms with Crippen molar-refractivity contribution in [3.63, 3.8) is 0 Å². The van der Waals surface area contributed by atoms with Crippen molar-refractivity contribution in [3.05, 3.63) is 40.6 Å². The van der Waals surface area contributed by atoms with Crippen molar-refractivity contribution in [1.29, 1.82) is 0 Å². The van der Waals surface area contributed by atoms with Crippen molar-refractivity contribution in [3.8, 4) is 0 Å². The van der Waals surface area contributed by atoms with Gasteiger partial charge in [0.1, 0.15) is 0 Å². The van der Waals surface area contributed by atoms with Crippen molar-refractivity contribution in [2.45, 2.75) is 20.4 Å². The lowest BCUT2D eigenvalue weighted by atomic mass is 10.0. The number of carbonyl (C=O) groups is 1. The van der Waals surface area contributed by atoms with Gasteiger partial charge >= 0.3 is 5.97 Å². The molecule has 0 saturated carbocycles. The van der Waals surface area contributed by atoms with Crippen LogP contribution in [0.3, 0.4) is 0 Å². The first kappa shape index (κ1) is 11.5. The van der Waals surface area contributed by atoms with Gasteiger partial charge < -0.3 is 10.8 Å². The minimum absolute atomic E-state index is 0.239. The van der Waals surface area contributed by atoms with Gasteiger partial charge in [0.25, 0.3) is 0 Å². The summed E-state index contributed by atoms with van der Waals surface area (Å²) >= 11 is 0. The Kier molecular flexibility index (Phi) is 2.81. The Morgan fingerprint density at radius 2 is 2.06 bits per heavy atom. The highest BCUT2D eigenvalue weighted by molar-refractivity contribution is 6.04. The Balaban J connectivity index is 2.90. The summed E-state index contributed by atoms with van der Waals surface area (Å²) in [4.78, 5) is 15.6. The third kappa shape index (κ3) is 1.99. The lowest BCUT2D eigenvalue weighted by Crippen LogP contribution is -2.06. The molecule has 0 aliphatic heterocycles. The Morgan fingerprint density at radius 3 is 2.65 bits per heavy atom. The number of nitrogens with zero attached hydrogens (tertiary/aromatic N) is 1. The summed E-state index contributed by atoms with van der Waals surface area (Å²) in [6, 6.07) is 5.39. The summed E-state index contributed by atoms with van der Waals surface area (Å²) < 4.78 is 0. The SMILES string of the molecule is Cc1cc(C)c2c(C(=O)O)cc(CN)nc2c1. The Morgan fingerprint density at radius 1 is 1.35 bits per heavy atom. The number of aryl methyl sites for hydroxylation is 2. The summed E-state index contributed by atoms with van der Waals surface area (Å²) in [5.41, 5.74) is 9.08. The van der Waals surface area contributed by atoms with Crippen molar-refractivity contribution in [1.82, 2.24) is 4.98 Å². The molecular formula is C13H14N2O2. The Hall–Kier alpha value is -1.94. The first-order valence-electron chi connectivity index (χ1n) is 5.37. The molecule has 2 aromatic rings. The predicted molar refractivity (Wildman–Crippen MR) is 66.1 cm³/mol. The molecule has 0 spiro atoms. The Labute approximate surface area is 99.1 Å². The molecule has 0 atom stereocenters. The van der Waals surface area contributed by atoms with Crippen LogP contribution in [0.15, 0.2) is 18.2 Å². The third-order valence-corrected chi connectivity index (χ3v) is 2.74. The lowest BCUT2D eigenvalue weighted by molar-refractivity contribution is 0.0698. The van der Waals surface area contributed by atoms with Gasteiger partial charge in [-0.1, -0.05) is 6.07 Å². The quantitative estimate of drug-likeness (QED) is 0.827. The van der Waals surface area contributed by atoms with Crippen LogP contribution in [0.25, 0.3) is 10.9 Å². The monoisotopic (exact) mass is 230 g/mol. The van der Waals surface area contributed by atoms with Crippen LogP contribution in [-0.2, 0) is 6.54 Å². The standard InChI is InChI=1S/C13H14N2O2/c1-7-3-8(2)12-10(13(16)17)5-9(6-14)15-11(12)4-7/h3-5H,6,14H2,1-2H3,(H,16,17). The number of fused-ring (bicyclic) bond motifs is 1. The maximum absolute atomic E-state index is 11.3. The van der Waals surface area contributed by atoms with Crippen LogP contribution in [0.4, 0.5) is 0 Å². The lowest BCUT2D eigenvalue weighted by Gasteiger charge is -2.09. The van der Waals surface area contributed by atoms with Crippen LogP contribution < -0.4 is 5.73 Å². The molecule has 0 aliphatic rings. The second-order valence-electron chi connectivity index (χ2n) is 4.15. The summed E-state index contributed by atoms with van der Waals surface area (Å²) in [6.45, 7) is 4.10. The minimum atomic E-state index is -0.945. The molecule has 1 heterocycles. The number of hydrogen-bond acceptors (Lipinski definition) is 3. The fourth-order valence-electron chi connectivity index (χ4n) is 2.08. The van der Waals surface area contributed by atoms with E-state index in [9.17, 15) is 9.90 Å². The van der Waals surface area contributed by atoms with Gasteiger partial charge in [0, 0.05) is 11.9 Å². The fourth-order valence-corrected chi connectivity index (χ4v) is 2.08. The third-order valence-electron chi connectivity index (χ3n) is 2.74. The van der Waals surface area contributed by atoms with Crippen molar-refractivity contribution in [2.24, 2.45) is 5.73 Å². The molecule has 3 N–H and O–H groups in total. The van der Waals surface area contributed by atoms with E-state index in [1.165, 1.54) is 0 Å². The summed E-state index contributed by atoms with van der Waals surface area (Å²) in [5.74, 6) is -0.945. The van der Waals surface area contributed by atoms with Crippen LogP contribution in [0.5, 0.6) is 0 Å². The van der Waals surface area contributed by atoms with E-state index in [2.05, 4.69) is 4.98 Å². The van der Waals surface area contributed by atoms with E-state index < -0.39 is 5.97 Å². The molecule has 0 unspecified atom stereocenters. The zero-order valence-electron chi connectivity index (χ0n) is 9.82. The summed E-state index contributed by atoms with van der Waals surface area (Å²) in [5, 5.41) is 9.92. The largest absolute Gasteiger partial charge is 0.478 e. The van der Waals surface area contributed by atoms with E-state index in [1.54, 1.807) is 6.07 Å². The zero-order valence-corrected chi connectivity index (χ0v) is 9.82. The number of pyridine rings is 1. The number of aromatic carboxylic acids is 1. The molecule has 0 fully saturated rings. The molecule has 0 radical (unpaired) electrons. The number of hydrogen-bond donors (Lipinski definition) is 2. The van der Waals surface area contributed by atoms with Crippen LogP contribution >= 0.6 is 0 Å². The molecular weight excluding hydrogens is 216 g/mol. The smallest absolute Gasteiger partial charge is 0.336 e. The normalized spacial score (nSPS) is 10.8. The van der Waals surface area contributed by atoms with Crippen LogP contribution in [-0.4, -0.2) is 16.1 Å². The molecule has 1 aromatic carbocycles. The van der Waals surface area contributed by atoms with E-state index in [0.29, 0.717) is 16.6 Å². The van der Waals surface area contributed by atoms with E-state index in [1.807, 2.05) is 26.0 Å². The average molecular weight is 230 g/mol. The van der Waals surface area contributed by atoms with Gasteiger partial charge in [-0.25, -0.2) is 4.79 Å². The number of carboxylic acid groups (broad SMARTS) is 1. The zero-order chi connectivity index (χ0) is 12.6. The van der Waals surface area contributed by atoms with Crippen LogP contribution in [0, 0.1) is 13.8 Å². The van der Waals surface area contributed by atoms with Gasteiger partial charge in [0.2, 0.25) is 0 Å². The topological polar surface area (TPSA) is 76.2 Å². The highest BCUT2D eigenvalue weighted by atomic mass is 16.4. The second kappa shape index (κ2) is 4.14. The number of rotatable bonds is 2.